The van der Waals surface area contributed by atoms with Crippen LogP contribution in [-0.4, -0.2) is 61.2 Å². The van der Waals surface area contributed by atoms with Gasteiger partial charge in [0.05, 0.1) is 5.56 Å². The smallest absolute Gasteiger partial charge is 0.256 e. The molecule has 0 aliphatic carbocycles. The Morgan fingerprint density at radius 2 is 2.00 bits per heavy atom. The molecule has 0 N–H and O–H groups in total. The van der Waals surface area contributed by atoms with E-state index >= 15 is 0 Å². The summed E-state index contributed by atoms with van der Waals surface area (Å²) in [5, 5.41) is 13.2. The average Bonchev–Trinajstić information content (AvgIpc) is 3.29. The third-order valence-electron chi connectivity index (χ3n) is 4.58. The van der Waals surface area contributed by atoms with Crippen LogP contribution in [0.25, 0.3) is 5.82 Å². The molecule has 1 amide bonds. The summed E-state index contributed by atoms with van der Waals surface area (Å²) >= 11 is 1.49. The van der Waals surface area contributed by atoms with Crippen LogP contribution < -0.4 is 4.74 Å². The first-order valence-corrected chi connectivity index (χ1v) is 10.3. The summed E-state index contributed by atoms with van der Waals surface area (Å²) in [6, 6.07) is 9.08. The molecule has 3 aromatic heterocycles. The number of carbonyl (C=O) groups is 1. The molecule has 9 heteroatoms. The molecule has 3 aromatic rings. The Bertz CT molecular complexity index is 924. The summed E-state index contributed by atoms with van der Waals surface area (Å²) in [7, 11) is 0. The monoisotopic (exact) mass is 396 g/mol. The number of rotatable bonds is 5. The van der Waals surface area contributed by atoms with Crippen LogP contribution >= 0.6 is 11.8 Å². The molecule has 8 nitrogen and oxygen atoms in total. The van der Waals surface area contributed by atoms with Gasteiger partial charge >= 0.3 is 0 Å². The van der Waals surface area contributed by atoms with Crippen molar-refractivity contribution in [2.75, 3.05) is 19.3 Å². The highest BCUT2D eigenvalue weighted by atomic mass is 32.2. The van der Waals surface area contributed by atoms with Crippen molar-refractivity contribution in [3.63, 3.8) is 0 Å². The fraction of sp³-hybridized carbons (Fsp3) is 0.316. The zero-order chi connectivity index (χ0) is 19.3. The van der Waals surface area contributed by atoms with E-state index in [-0.39, 0.29) is 12.0 Å². The number of piperidine rings is 1. The summed E-state index contributed by atoms with van der Waals surface area (Å²) in [5.41, 5.74) is 0.662. The second-order valence-electron chi connectivity index (χ2n) is 6.35. The Labute approximate surface area is 166 Å². The van der Waals surface area contributed by atoms with Gasteiger partial charge in [-0.05, 0) is 30.5 Å². The second-order valence-corrected chi connectivity index (χ2v) is 7.14. The van der Waals surface area contributed by atoms with Crippen LogP contribution in [0.2, 0.25) is 0 Å². The van der Waals surface area contributed by atoms with Gasteiger partial charge in [0.25, 0.3) is 5.91 Å². The summed E-state index contributed by atoms with van der Waals surface area (Å²) in [4.78, 5) is 18.9. The molecule has 1 saturated heterocycles. The summed E-state index contributed by atoms with van der Waals surface area (Å²) in [5.74, 6) is 1.15. The Morgan fingerprint density at radius 3 is 2.68 bits per heavy atom. The van der Waals surface area contributed by atoms with E-state index in [9.17, 15) is 4.79 Å². The molecule has 1 fully saturated rings. The number of hydrogen-bond donors (Lipinski definition) is 0. The number of aromatic nitrogens is 5. The fourth-order valence-corrected chi connectivity index (χ4v) is 3.68. The molecule has 0 spiro atoms. The van der Waals surface area contributed by atoms with E-state index in [1.54, 1.807) is 29.2 Å². The van der Waals surface area contributed by atoms with E-state index < -0.39 is 0 Å². The lowest BCUT2D eigenvalue weighted by atomic mass is 10.1. The SMILES string of the molecule is CSc1ncccc1C(=O)N1CCC(Oc2ccc(-n3cccn3)nn2)CC1. The Morgan fingerprint density at radius 1 is 1.14 bits per heavy atom. The van der Waals surface area contributed by atoms with Gasteiger partial charge in [-0.25, -0.2) is 9.67 Å². The topological polar surface area (TPSA) is 86.0 Å². The summed E-state index contributed by atoms with van der Waals surface area (Å²) in [6.07, 6.45) is 8.66. The van der Waals surface area contributed by atoms with Crippen molar-refractivity contribution in [2.45, 2.75) is 24.0 Å². The zero-order valence-electron chi connectivity index (χ0n) is 15.4. The number of ether oxygens (including phenoxy) is 1. The maximum atomic E-state index is 12.8. The number of nitrogens with zero attached hydrogens (tertiary/aromatic N) is 6. The Balaban J connectivity index is 1.33. The van der Waals surface area contributed by atoms with Crippen molar-refractivity contribution in [2.24, 2.45) is 0 Å². The molecule has 4 heterocycles. The molecule has 0 atom stereocenters. The minimum absolute atomic E-state index is 0.0165. The van der Waals surface area contributed by atoms with Crippen molar-refractivity contribution < 1.29 is 9.53 Å². The first-order valence-electron chi connectivity index (χ1n) is 9.03. The van der Waals surface area contributed by atoms with Crippen LogP contribution in [0.1, 0.15) is 23.2 Å². The molecule has 0 unspecified atom stereocenters. The lowest BCUT2D eigenvalue weighted by Gasteiger charge is -2.32. The molecule has 28 heavy (non-hydrogen) atoms. The number of amides is 1. The third-order valence-corrected chi connectivity index (χ3v) is 5.29. The summed E-state index contributed by atoms with van der Waals surface area (Å²) < 4.78 is 7.59. The maximum absolute atomic E-state index is 12.8. The van der Waals surface area contributed by atoms with Crippen LogP contribution in [0.4, 0.5) is 0 Å². The first-order chi connectivity index (χ1) is 13.7. The lowest BCUT2D eigenvalue weighted by Crippen LogP contribution is -2.42. The van der Waals surface area contributed by atoms with Gasteiger partial charge in [-0.3, -0.25) is 4.79 Å². The molecule has 0 aromatic carbocycles. The van der Waals surface area contributed by atoms with Gasteiger partial charge in [0.15, 0.2) is 5.82 Å². The van der Waals surface area contributed by atoms with E-state index in [1.807, 2.05) is 35.6 Å². The van der Waals surface area contributed by atoms with Gasteiger partial charge in [-0.1, -0.05) is 0 Å². The van der Waals surface area contributed by atoms with Gasteiger partial charge in [-0.2, -0.15) is 5.10 Å². The lowest BCUT2D eigenvalue weighted by molar-refractivity contribution is 0.0582. The predicted octanol–water partition coefficient (Wildman–Crippen LogP) is 2.46. The molecule has 4 rings (SSSR count). The van der Waals surface area contributed by atoms with Crippen molar-refractivity contribution in [1.82, 2.24) is 29.9 Å². The van der Waals surface area contributed by atoms with Crippen molar-refractivity contribution >= 4 is 17.7 Å². The Kier molecular flexibility index (Phi) is 5.52. The van der Waals surface area contributed by atoms with Crippen LogP contribution in [0.3, 0.4) is 0 Å². The molecule has 1 aliphatic heterocycles. The standard InChI is InChI=1S/C19H20N6O2S/c1-28-18-15(4-2-9-20-18)19(26)24-12-7-14(8-13-24)27-17-6-5-16(22-23-17)25-11-3-10-21-25/h2-6,9-11,14H,7-8,12-13H2,1H3. The number of carbonyl (C=O) groups excluding carboxylic acids is 1. The Hall–Kier alpha value is -2.94. The number of pyridine rings is 1. The molecule has 0 saturated carbocycles. The highest BCUT2D eigenvalue weighted by molar-refractivity contribution is 7.98. The number of thioether (sulfide) groups is 1. The molecule has 0 bridgehead atoms. The van der Waals surface area contributed by atoms with Crippen LogP contribution in [0.5, 0.6) is 5.88 Å². The molecular formula is C19H20N6O2S. The minimum atomic E-state index is 0.0165. The quantitative estimate of drug-likeness (QED) is 0.612. The average molecular weight is 396 g/mol. The van der Waals surface area contributed by atoms with Gasteiger partial charge in [0, 0.05) is 50.6 Å². The largest absolute Gasteiger partial charge is 0.473 e. The van der Waals surface area contributed by atoms with Crippen molar-refractivity contribution in [3.05, 3.63) is 54.5 Å². The summed E-state index contributed by atoms with van der Waals surface area (Å²) in [6.45, 7) is 1.29. The van der Waals surface area contributed by atoms with E-state index in [0.717, 1.165) is 17.9 Å². The molecular weight excluding hydrogens is 376 g/mol. The van der Waals surface area contributed by atoms with Crippen LogP contribution in [-0.2, 0) is 0 Å². The van der Waals surface area contributed by atoms with E-state index in [4.69, 9.17) is 4.74 Å². The van der Waals surface area contributed by atoms with Gasteiger partial charge in [0.2, 0.25) is 5.88 Å². The van der Waals surface area contributed by atoms with E-state index in [0.29, 0.717) is 30.4 Å². The van der Waals surface area contributed by atoms with Crippen LogP contribution in [0, 0.1) is 0 Å². The van der Waals surface area contributed by atoms with Gasteiger partial charge in [0.1, 0.15) is 11.1 Å². The number of hydrogen-bond acceptors (Lipinski definition) is 7. The first kappa shape index (κ1) is 18.4. The molecule has 144 valence electrons. The van der Waals surface area contributed by atoms with Gasteiger partial charge < -0.3 is 9.64 Å². The van der Waals surface area contributed by atoms with E-state index in [1.165, 1.54) is 11.8 Å². The highest BCUT2D eigenvalue weighted by Gasteiger charge is 2.26. The molecule has 1 aliphatic rings. The van der Waals surface area contributed by atoms with E-state index in [2.05, 4.69) is 20.3 Å². The minimum Gasteiger partial charge on any atom is -0.473 e. The maximum Gasteiger partial charge on any atom is 0.256 e. The van der Waals surface area contributed by atoms with Crippen LogP contribution in [0.15, 0.2) is 53.9 Å². The van der Waals surface area contributed by atoms with Gasteiger partial charge in [-0.15, -0.1) is 22.0 Å². The highest BCUT2D eigenvalue weighted by Crippen LogP contribution is 2.22. The predicted molar refractivity (Wildman–Crippen MR) is 105 cm³/mol. The molecule has 0 radical (unpaired) electrons. The second kappa shape index (κ2) is 8.39. The van der Waals surface area contributed by atoms with Crippen molar-refractivity contribution in [1.29, 1.82) is 0 Å². The fourth-order valence-electron chi connectivity index (χ4n) is 3.14. The third kappa shape index (κ3) is 3.99. The normalized spacial score (nSPS) is 14.8. The number of likely N-dealkylation sites (tertiary alicyclic amines) is 1. The zero-order valence-corrected chi connectivity index (χ0v) is 16.2. The van der Waals surface area contributed by atoms with Crippen molar-refractivity contribution in [3.8, 4) is 11.7 Å².